The number of rotatable bonds is 5. The van der Waals surface area contributed by atoms with Crippen molar-refractivity contribution in [1.82, 2.24) is 30.2 Å². The maximum absolute atomic E-state index is 14.1. The maximum atomic E-state index is 14.1. The topological polar surface area (TPSA) is 69.4 Å². The first kappa shape index (κ1) is 21.2. The quantitative estimate of drug-likeness (QED) is 0.319. The number of halogens is 3. The molecule has 0 saturated heterocycles. The van der Waals surface area contributed by atoms with Gasteiger partial charge in [-0.2, -0.15) is 4.68 Å². The van der Waals surface area contributed by atoms with Crippen molar-refractivity contribution in [2.75, 3.05) is 0 Å². The van der Waals surface area contributed by atoms with E-state index in [0.29, 0.717) is 50.5 Å². The van der Waals surface area contributed by atoms with Gasteiger partial charge >= 0.3 is 0 Å². The van der Waals surface area contributed by atoms with E-state index < -0.39 is 0 Å². The molecule has 5 rings (SSSR count). The van der Waals surface area contributed by atoms with Gasteiger partial charge in [0, 0.05) is 28.2 Å². The molecule has 0 fully saturated rings. The van der Waals surface area contributed by atoms with Crippen molar-refractivity contribution in [3.05, 3.63) is 106 Å². The van der Waals surface area contributed by atoms with E-state index in [1.165, 1.54) is 12.1 Å². The number of aromatic nitrogens is 6. The van der Waals surface area contributed by atoms with Crippen molar-refractivity contribution >= 4 is 23.2 Å². The van der Waals surface area contributed by atoms with Crippen molar-refractivity contribution in [3.63, 3.8) is 0 Å². The second-order valence-corrected chi connectivity index (χ2v) is 8.00. The van der Waals surface area contributed by atoms with Gasteiger partial charge in [-0.15, -0.1) is 5.10 Å². The molecular weight excluding hydrogens is 462 g/mol. The molecule has 0 spiro atoms. The number of tetrazole rings is 1. The molecule has 0 aliphatic carbocycles. The third-order valence-electron chi connectivity index (χ3n) is 5.04. The van der Waals surface area contributed by atoms with Crippen molar-refractivity contribution in [3.8, 4) is 28.3 Å². The molecule has 0 aliphatic rings. The van der Waals surface area contributed by atoms with E-state index in [1.54, 1.807) is 41.2 Å². The minimum Gasteiger partial charge on any atom is -0.240 e. The van der Waals surface area contributed by atoms with Gasteiger partial charge < -0.3 is 0 Å². The molecule has 0 amide bonds. The molecule has 0 aliphatic heterocycles. The van der Waals surface area contributed by atoms with Crippen LogP contribution in [0.25, 0.3) is 28.3 Å². The molecule has 2 aromatic heterocycles. The molecule has 3 aromatic carbocycles. The van der Waals surface area contributed by atoms with Crippen LogP contribution in [0.4, 0.5) is 4.39 Å². The van der Waals surface area contributed by atoms with E-state index in [4.69, 9.17) is 28.2 Å². The van der Waals surface area contributed by atoms with Crippen LogP contribution in [0.3, 0.4) is 0 Å². The Morgan fingerprint density at radius 1 is 0.879 bits per heavy atom. The van der Waals surface area contributed by atoms with Crippen molar-refractivity contribution < 1.29 is 4.39 Å². The highest BCUT2D eigenvalue weighted by Gasteiger charge is 2.19. The maximum Gasteiger partial charge on any atom is 0.190 e. The molecule has 0 atom stereocenters. The standard InChI is InChI=1S/C24H15Cl2FN6/c25-20-10-5-11-21(26)18(20)13-22-28-14-19(23(29-22)15-6-4-7-16(27)12-15)24-30-31-32-33(24)17-8-2-1-3-9-17/h1-12,14H,13H2. The summed E-state index contributed by atoms with van der Waals surface area (Å²) in [6.45, 7) is 0. The Morgan fingerprint density at radius 2 is 1.64 bits per heavy atom. The van der Waals surface area contributed by atoms with Gasteiger partial charge in [0.1, 0.15) is 11.6 Å². The number of nitrogens with zero attached hydrogens (tertiary/aromatic N) is 6. The molecule has 0 bridgehead atoms. The third kappa shape index (κ3) is 4.33. The Labute approximate surface area is 198 Å². The number of benzene rings is 3. The lowest BCUT2D eigenvalue weighted by Crippen LogP contribution is -2.05. The first-order valence-corrected chi connectivity index (χ1v) is 10.7. The van der Waals surface area contributed by atoms with Crippen LogP contribution in [0, 0.1) is 5.82 Å². The monoisotopic (exact) mass is 476 g/mol. The summed E-state index contributed by atoms with van der Waals surface area (Å²) < 4.78 is 15.7. The largest absolute Gasteiger partial charge is 0.240 e. The van der Waals surface area contributed by atoms with Crippen LogP contribution in [0.5, 0.6) is 0 Å². The minimum absolute atomic E-state index is 0.310. The van der Waals surface area contributed by atoms with E-state index in [-0.39, 0.29) is 5.82 Å². The van der Waals surface area contributed by atoms with E-state index >= 15 is 0 Å². The Hall–Kier alpha value is -3.68. The third-order valence-corrected chi connectivity index (χ3v) is 5.75. The Balaban J connectivity index is 1.66. The molecule has 5 aromatic rings. The van der Waals surface area contributed by atoms with Crippen LogP contribution < -0.4 is 0 Å². The molecule has 33 heavy (non-hydrogen) atoms. The van der Waals surface area contributed by atoms with E-state index in [9.17, 15) is 4.39 Å². The van der Waals surface area contributed by atoms with Crippen LogP contribution in [-0.4, -0.2) is 30.2 Å². The molecule has 0 radical (unpaired) electrons. The Bertz CT molecular complexity index is 1420. The fraction of sp³-hybridized carbons (Fsp3) is 0.0417. The second kappa shape index (κ2) is 9.05. The summed E-state index contributed by atoms with van der Waals surface area (Å²) in [5.41, 5.74) is 3.11. The lowest BCUT2D eigenvalue weighted by Gasteiger charge is -2.12. The highest BCUT2D eigenvalue weighted by molar-refractivity contribution is 6.36. The van der Waals surface area contributed by atoms with Gasteiger partial charge in [0.15, 0.2) is 5.82 Å². The minimum atomic E-state index is -0.379. The number of hydrogen-bond acceptors (Lipinski definition) is 5. The zero-order valence-electron chi connectivity index (χ0n) is 17.0. The molecule has 2 heterocycles. The van der Waals surface area contributed by atoms with Gasteiger partial charge in [0.05, 0.1) is 16.9 Å². The summed E-state index contributed by atoms with van der Waals surface area (Å²) in [6.07, 6.45) is 1.95. The molecule has 0 unspecified atom stereocenters. The first-order valence-electron chi connectivity index (χ1n) is 9.99. The van der Waals surface area contributed by atoms with E-state index in [0.717, 1.165) is 5.69 Å². The fourth-order valence-corrected chi connectivity index (χ4v) is 4.01. The first-order chi connectivity index (χ1) is 16.1. The lowest BCUT2D eigenvalue weighted by molar-refractivity contribution is 0.628. The predicted molar refractivity (Wildman–Crippen MR) is 125 cm³/mol. The van der Waals surface area contributed by atoms with Crippen molar-refractivity contribution in [2.24, 2.45) is 0 Å². The van der Waals surface area contributed by atoms with Gasteiger partial charge in [-0.1, -0.05) is 59.6 Å². The van der Waals surface area contributed by atoms with Crippen molar-refractivity contribution in [1.29, 1.82) is 0 Å². The summed E-state index contributed by atoms with van der Waals surface area (Å²) in [6, 6.07) is 21.0. The molecule has 0 N–H and O–H groups in total. The normalized spacial score (nSPS) is 11.0. The summed E-state index contributed by atoms with van der Waals surface area (Å²) in [5, 5.41) is 13.2. The van der Waals surface area contributed by atoms with E-state index in [2.05, 4.69) is 20.5 Å². The average molecular weight is 477 g/mol. The van der Waals surface area contributed by atoms with Gasteiger partial charge in [0.2, 0.25) is 0 Å². The van der Waals surface area contributed by atoms with Gasteiger partial charge in [-0.25, -0.2) is 14.4 Å². The van der Waals surface area contributed by atoms with Crippen molar-refractivity contribution in [2.45, 2.75) is 6.42 Å². The lowest BCUT2D eigenvalue weighted by atomic mass is 10.1. The molecule has 0 saturated carbocycles. The van der Waals surface area contributed by atoms with Crippen LogP contribution in [0.1, 0.15) is 11.4 Å². The van der Waals surface area contributed by atoms with Crippen LogP contribution in [-0.2, 0) is 6.42 Å². The molecule has 9 heteroatoms. The van der Waals surface area contributed by atoms with Crippen LogP contribution in [0.15, 0.2) is 79.0 Å². The molecule has 6 nitrogen and oxygen atoms in total. The van der Waals surface area contributed by atoms with Crippen LogP contribution in [0.2, 0.25) is 10.0 Å². The van der Waals surface area contributed by atoms with Gasteiger partial charge in [-0.05, 0) is 52.4 Å². The fourth-order valence-electron chi connectivity index (χ4n) is 3.48. The Kier molecular flexibility index (Phi) is 5.81. The number of para-hydroxylation sites is 1. The summed E-state index contributed by atoms with van der Waals surface area (Å²) >= 11 is 12.7. The van der Waals surface area contributed by atoms with Crippen LogP contribution >= 0.6 is 23.2 Å². The summed E-state index contributed by atoms with van der Waals surface area (Å²) in [5.74, 6) is 0.532. The predicted octanol–water partition coefficient (Wildman–Crippen LogP) is 5.82. The van der Waals surface area contributed by atoms with Gasteiger partial charge in [0.25, 0.3) is 0 Å². The second-order valence-electron chi connectivity index (χ2n) is 7.19. The summed E-state index contributed by atoms with van der Waals surface area (Å²) in [4.78, 5) is 9.27. The molecule has 162 valence electrons. The zero-order valence-corrected chi connectivity index (χ0v) is 18.5. The summed E-state index contributed by atoms with van der Waals surface area (Å²) in [7, 11) is 0. The van der Waals surface area contributed by atoms with E-state index in [1.807, 2.05) is 30.3 Å². The zero-order chi connectivity index (χ0) is 22.8. The number of hydrogen-bond donors (Lipinski definition) is 0. The highest BCUT2D eigenvalue weighted by Crippen LogP contribution is 2.32. The average Bonchev–Trinajstić information content (AvgIpc) is 3.32. The Morgan fingerprint density at radius 3 is 2.39 bits per heavy atom. The molecular formula is C24H15Cl2FN6. The highest BCUT2D eigenvalue weighted by atomic mass is 35.5. The SMILES string of the molecule is Fc1cccc(-c2nc(Cc3c(Cl)cccc3Cl)ncc2-c2nnnn2-c2ccccc2)c1. The van der Waals surface area contributed by atoms with Gasteiger partial charge in [-0.3, -0.25) is 0 Å². The smallest absolute Gasteiger partial charge is 0.190 e.